The summed E-state index contributed by atoms with van der Waals surface area (Å²) >= 11 is 5.93. The number of methoxy groups -OCH3 is 1. The highest BCUT2D eigenvalue weighted by Crippen LogP contribution is 2.26. The van der Waals surface area contributed by atoms with Gasteiger partial charge in [0.2, 0.25) is 0 Å². The van der Waals surface area contributed by atoms with Crippen molar-refractivity contribution in [2.75, 3.05) is 7.11 Å². The monoisotopic (exact) mass is 288 g/mol. The average Bonchev–Trinajstić information content (AvgIpc) is 2.87. The van der Waals surface area contributed by atoms with Crippen LogP contribution in [0.5, 0.6) is 11.5 Å². The van der Waals surface area contributed by atoms with Gasteiger partial charge in [0.15, 0.2) is 0 Å². The number of furan rings is 1. The molecule has 3 aromatic rings. The number of hydrogen-bond acceptors (Lipinski definition) is 3. The van der Waals surface area contributed by atoms with E-state index in [-0.39, 0.29) is 0 Å². The summed E-state index contributed by atoms with van der Waals surface area (Å²) in [6.45, 7) is 0.432. The van der Waals surface area contributed by atoms with Gasteiger partial charge in [0.25, 0.3) is 0 Å². The molecule has 0 N–H and O–H groups in total. The minimum Gasteiger partial charge on any atom is -0.497 e. The van der Waals surface area contributed by atoms with E-state index in [2.05, 4.69) is 0 Å². The summed E-state index contributed by atoms with van der Waals surface area (Å²) in [5, 5.41) is 1.67. The number of ether oxygens (including phenoxy) is 2. The summed E-state index contributed by atoms with van der Waals surface area (Å²) in [5.74, 6) is 1.53. The second-order valence-corrected chi connectivity index (χ2v) is 4.81. The summed E-state index contributed by atoms with van der Waals surface area (Å²) in [7, 11) is 1.63. The molecular formula is C16H13ClO3. The number of rotatable bonds is 4. The Morgan fingerprint density at radius 1 is 1.10 bits per heavy atom. The molecule has 0 saturated carbocycles. The first-order chi connectivity index (χ1) is 9.76. The molecule has 0 spiro atoms. The first kappa shape index (κ1) is 12.9. The lowest BCUT2D eigenvalue weighted by Crippen LogP contribution is -1.94. The van der Waals surface area contributed by atoms with Crippen molar-refractivity contribution in [3.05, 3.63) is 59.3 Å². The van der Waals surface area contributed by atoms with Crippen LogP contribution in [0.4, 0.5) is 0 Å². The highest BCUT2D eigenvalue weighted by molar-refractivity contribution is 6.31. The lowest BCUT2D eigenvalue weighted by atomic mass is 10.2. The molecule has 0 saturated heterocycles. The molecule has 0 aliphatic carbocycles. The molecule has 0 atom stereocenters. The molecular weight excluding hydrogens is 276 g/mol. The smallest absolute Gasteiger partial charge is 0.135 e. The van der Waals surface area contributed by atoms with Crippen LogP contribution in [0.15, 0.2) is 53.1 Å². The van der Waals surface area contributed by atoms with E-state index in [9.17, 15) is 0 Å². The Bertz CT molecular complexity index is 733. The fourth-order valence-corrected chi connectivity index (χ4v) is 2.18. The topological polar surface area (TPSA) is 31.6 Å². The maximum atomic E-state index is 5.93. The van der Waals surface area contributed by atoms with Crippen LogP contribution in [0.1, 0.15) is 5.56 Å². The van der Waals surface area contributed by atoms with E-state index >= 15 is 0 Å². The SMILES string of the molecule is COc1cccc(OCc2coc3cc(Cl)ccc23)c1. The molecule has 20 heavy (non-hydrogen) atoms. The first-order valence-electron chi connectivity index (χ1n) is 6.19. The van der Waals surface area contributed by atoms with Gasteiger partial charge in [-0.1, -0.05) is 17.7 Å². The summed E-state index contributed by atoms with van der Waals surface area (Å²) < 4.78 is 16.4. The molecule has 1 heterocycles. The van der Waals surface area contributed by atoms with Crippen LogP contribution in [0.2, 0.25) is 5.02 Å². The number of halogens is 1. The number of hydrogen-bond donors (Lipinski definition) is 0. The summed E-state index contributed by atoms with van der Waals surface area (Å²) in [6.07, 6.45) is 1.70. The van der Waals surface area contributed by atoms with Crippen molar-refractivity contribution in [3.63, 3.8) is 0 Å². The maximum Gasteiger partial charge on any atom is 0.135 e. The minimum atomic E-state index is 0.432. The van der Waals surface area contributed by atoms with Crippen LogP contribution in [-0.4, -0.2) is 7.11 Å². The third-order valence-electron chi connectivity index (χ3n) is 3.05. The Kier molecular flexibility index (Phi) is 3.52. The van der Waals surface area contributed by atoms with Crippen molar-refractivity contribution in [3.8, 4) is 11.5 Å². The lowest BCUT2D eigenvalue weighted by molar-refractivity contribution is 0.303. The standard InChI is InChI=1S/C16H13ClO3/c1-18-13-3-2-4-14(8-13)19-9-11-10-20-16-7-12(17)5-6-15(11)16/h2-8,10H,9H2,1H3. The predicted octanol–water partition coefficient (Wildman–Crippen LogP) is 4.67. The minimum absolute atomic E-state index is 0.432. The Labute approximate surface area is 121 Å². The number of fused-ring (bicyclic) bond motifs is 1. The fraction of sp³-hybridized carbons (Fsp3) is 0.125. The van der Waals surface area contributed by atoms with Gasteiger partial charge < -0.3 is 13.9 Å². The molecule has 0 unspecified atom stereocenters. The Morgan fingerprint density at radius 3 is 2.80 bits per heavy atom. The van der Waals surface area contributed by atoms with Gasteiger partial charge in [-0.15, -0.1) is 0 Å². The molecule has 0 bridgehead atoms. The molecule has 1 aromatic heterocycles. The largest absolute Gasteiger partial charge is 0.497 e. The molecule has 4 heteroatoms. The molecule has 102 valence electrons. The Hall–Kier alpha value is -2.13. The van der Waals surface area contributed by atoms with E-state index in [0.717, 1.165) is 28.0 Å². The van der Waals surface area contributed by atoms with Crippen LogP contribution < -0.4 is 9.47 Å². The van der Waals surface area contributed by atoms with Gasteiger partial charge in [0, 0.05) is 22.0 Å². The Morgan fingerprint density at radius 2 is 1.95 bits per heavy atom. The first-order valence-corrected chi connectivity index (χ1v) is 6.56. The van der Waals surface area contributed by atoms with Crippen LogP contribution in [0.3, 0.4) is 0 Å². The highest BCUT2D eigenvalue weighted by Gasteiger charge is 2.07. The van der Waals surface area contributed by atoms with E-state index in [1.165, 1.54) is 0 Å². The van der Waals surface area contributed by atoms with Gasteiger partial charge in [0.1, 0.15) is 23.7 Å². The molecule has 3 rings (SSSR count). The molecule has 3 nitrogen and oxygen atoms in total. The summed E-state index contributed by atoms with van der Waals surface area (Å²) in [5.41, 5.74) is 1.75. The van der Waals surface area contributed by atoms with Crippen molar-refractivity contribution < 1.29 is 13.9 Å². The number of benzene rings is 2. The molecule has 0 radical (unpaired) electrons. The summed E-state index contributed by atoms with van der Waals surface area (Å²) in [4.78, 5) is 0. The molecule has 0 aliphatic heterocycles. The van der Waals surface area contributed by atoms with Crippen LogP contribution >= 0.6 is 11.6 Å². The second-order valence-electron chi connectivity index (χ2n) is 4.37. The van der Waals surface area contributed by atoms with Crippen LogP contribution in [0, 0.1) is 0 Å². The van der Waals surface area contributed by atoms with Crippen molar-refractivity contribution in [1.82, 2.24) is 0 Å². The van der Waals surface area contributed by atoms with E-state index < -0.39 is 0 Å². The highest BCUT2D eigenvalue weighted by atomic mass is 35.5. The van der Waals surface area contributed by atoms with E-state index in [0.29, 0.717) is 11.6 Å². The molecule has 0 fully saturated rings. The fourth-order valence-electron chi connectivity index (χ4n) is 2.02. The normalized spacial score (nSPS) is 10.7. The van der Waals surface area contributed by atoms with Crippen molar-refractivity contribution in [2.24, 2.45) is 0 Å². The van der Waals surface area contributed by atoms with Crippen LogP contribution in [0.25, 0.3) is 11.0 Å². The van der Waals surface area contributed by atoms with Gasteiger partial charge in [-0.05, 0) is 30.3 Å². The van der Waals surface area contributed by atoms with Crippen molar-refractivity contribution in [1.29, 1.82) is 0 Å². The van der Waals surface area contributed by atoms with Crippen molar-refractivity contribution in [2.45, 2.75) is 6.61 Å². The molecule has 2 aromatic carbocycles. The van der Waals surface area contributed by atoms with Crippen LogP contribution in [-0.2, 0) is 6.61 Å². The Balaban J connectivity index is 1.79. The second kappa shape index (κ2) is 5.47. The molecule has 0 aliphatic rings. The van der Waals surface area contributed by atoms with E-state index in [1.807, 2.05) is 36.4 Å². The summed E-state index contributed by atoms with van der Waals surface area (Å²) in [6, 6.07) is 13.1. The zero-order chi connectivity index (χ0) is 13.9. The van der Waals surface area contributed by atoms with E-state index in [4.69, 9.17) is 25.5 Å². The molecule has 0 amide bonds. The zero-order valence-electron chi connectivity index (χ0n) is 10.9. The van der Waals surface area contributed by atoms with E-state index in [1.54, 1.807) is 19.4 Å². The zero-order valence-corrected chi connectivity index (χ0v) is 11.7. The average molecular weight is 289 g/mol. The van der Waals surface area contributed by atoms with Gasteiger partial charge in [-0.3, -0.25) is 0 Å². The van der Waals surface area contributed by atoms with Crippen molar-refractivity contribution >= 4 is 22.6 Å². The maximum absolute atomic E-state index is 5.93. The third kappa shape index (κ3) is 2.58. The lowest BCUT2D eigenvalue weighted by Gasteiger charge is -2.06. The van der Waals surface area contributed by atoms with Gasteiger partial charge in [-0.25, -0.2) is 0 Å². The van der Waals surface area contributed by atoms with Gasteiger partial charge in [-0.2, -0.15) is 0 Å². The van der Waals surface area contributed by atoms with Gasteiger partial charge >= 0.3 is 0 Å². The third-order valence-corrected chi connectivity index (χ3v) is 3.29. The quantitative estimate of drug-likeness (QED) is 0.699. The van der Waals surface area contributed by atoms with Gasteiger partial charge in [0.05, 0.1) is 13.4 Å². The predicted molar refractivity (Wildman–Crippen MR) is 78.6 cm³/mol.